The Hall–Kier alpha value is -1.09. The maximum absolute atomic E-state index is 4.58. The van der Waals surface area contributed by atoms with Crippen LogP contribution in [0.15, 0.2) is 24.3 Å². The molecule has 2 aromatic rings. The van der Waals surface area contributed by atoms with Gasteiger partial charge < -0.3 is 4.98 Å². The van der Waals surface area contributed by atoms with E-state index < -0.39 is 8.07 Å². The third-order valence-electron chi connectivity index (χ3n) is 2.55. The van der Waals surface area contributed by atoms with Gasteiger partial charge in [-0.1, -0.05) is 37.8 Å². The number of fused-ring (bicyclic) bond motifs is 1. The minimum absolute atomic E-state index is 0.949. The maximum Gasteiger partial charge on any atom is 0.106 e. The van der Waals surface area contributed by atoms with E-state index in [9.17, 15) is 0 Å². The van der Waals surface area contributed by atoms with E-state index in [2.05, 4.69) is 41.7 Å². The van der Waals surface area contributed by atoms with Crippen molar-refractivity contribution in [2.75, 3.05) is 0 Å². The zero-order valence-corrected chi connectivity index (χ0v) is 10.7. The Labute approximate surface area is 91.7 Å². The highest BCUT2D eigenvalue weighted by Gasteiger charge is 2.13. The molecule has 0 atom stereocenters. The van der Waals surface area contributed by atoms with E-state index in [1.54, 1.807) is 0 Å². The fourth-order valence-electron chi connectivity index (χ4n) is 1.62. The van der Waals surface area contributed by atoms with Crippen LogP contribution in [-0.2, 0) is 6.42 Å². The summed E-state index contributed by atoms with van der Waals surface area (Å²) in [5, 5.41) is 0. The Morgan fingerprint density at radius 2 is 1.93 bits per heavy atom. The number of nitrogens with zero attached hydrogens (tertiary/aromatic N) is 1. The van der Waals surface area contributed by atoms with Crippen LogP contribution in [0.3, 0.4) is 0 Å². The summed E-state index contributed by atoms with van der Waals surface area (Å²) in [6, 6.07) is 9.52. The van der Waals surface area contributed by atoms with E-state index in [0.29, 0.717) is 0 Å². The Kier molecular flexibility index (Phi) is 2.65. The summed E-state index contributed by atoms with van der Waals surface area (Å²) in [7, 11) is -0.949. The summed E-state index contributed by atoms with van der Waals surface area (Å²) in [6.07, 6.45) is 1.09. The second kappa shape index (κ2) is 3.81. The first kappa shape index (κ1) is 10.4. The van der Waals surface area contributed by atoms with Gasteiger partial charge in [0, 0.05) is 14.5 Å². The molecule has 1 aromatic carbocycles. The van der Waals surface area contributed by atoms with Crippen molar-refractivity contribution in [2.24, 2.45) is 0 Å². The lowest BCUT2D eigenvalue weighted by Crippen LogP contribution is -2.20. The third-order valence-corrected chi connectivity index (χ3v) is 4.30. The van der Waals surface area contributed by atoms with Crippen molar-refractivity contribution in [2.45, 2.75) is 32.1 Å². The van der Waals surface area contributed by atoms with Crippen LogP contribution in [-0.4, -0.2) is 18.0 Å². The van der Waals surface area contributed by atoms with Crippen molar-refractivity contribution in [3.63, 3.8) is 0 Å². The first-order valence-electron chi connectivity index (χ1n) is 5.48. The first-order chi connectivity index (χ1) is 7.04. The third kappa shape index (κ3) is 2.69. The number of benzene rings is 1. The Morgan fingerprint density at radius 3 is 2.60 bits per heavy atom. The van der Waals surface area contributed by atoms with Gasteiger partial charge in [-0.05, 0) is 12.1 Å². The van der Waals surface area contributed by atoms with Crippen LogP contribution in [0.2, 0.25) is 25.7 Å². The lowest BCUT2D eigenvalue weighted by molar-refractivity contribution is 0.978. The topological polar surface area (TPSA) is 28.7 Å². The number of para-hydroxylation sites is 2. The number of hydrogen-bond donors (Lipinski definition) is 1. The van der Waals surface area contributed by atoms with Crippen LogP contribution >= 0.6 is 0 Å². The summed E-state index contributed by atoms with van der Waals surface area (Å²) in [5.41, 5.74) is 2.24. The molecule has 0 bridgehead atoms. The van der Waals surface area contributed by atoms with Gasteiger partial charge in [0.15, 0.2) is 0 Å². The molecule has 0 spiro atoms. The van der Waals surface area contributed by atoms with Crippen LogP contribution in [0.25, 0.3) is 11.0 Å². The van der Waals surface area contributed by atoms with Gasteiger partial charge >= 0.3 is 0 Å². The monoisotopic (exact) mass is 218 g/mol. The molecule has 0 aliphatic carbocycles. The molecular weight excluding hydrogens is 200 g/mol. The number of aromatic amines is 1. The van der Waals surface area contributed by atoms with Gasteiger partial charge in [0.25, 0.3) is 0 Å². The molecule has 2 nitrogen and oxygen atoms in total. The molecule has 0 amide bonds. The maximum atomic E-state index is 4.58. The van der Waals surface area contributed by atoms with Crippen molar-refractivity contribution < 1.29 is 0 Å². The standard InChI is InChI=1S/C12H18N2Si/c1-15(2,3)9-8-12-13-10-6-4-5-7-11(10)14-12/h4-7H,8-9H2,1-3H3,(H,13,14). The highest BCUT2D eigenvalue weighted by Crippen LogP contribution is 2.15. The van der Waals surface area contributed by atoms with Gasteiger partial charge in [-0.15, -0.1) is 0 Å². The molecule has 2 rings (SSSR count). The van der Waals surface area contributed by atoms with E-state index in [1.807, 2.05) is 12.1 Å². The van der Waals surface area contributed by atoms with Crippen molar-refractivity contribution in [3.8, 4) is 0 Å². The minimum Gasteiger partial charge on any atom is -0.342 e. The van der Waals surface area contributed by atoms with E-state index in [0.717, 1.165) is 23.3 Å². The fourth-order valence-corrected chi connectivity index (χ4v) is 2.60. The summed E-state index contributed by atoms with van der Waals surface area (Å²) in [4.78, 5) is 7.96. The molecule has 0 radical (unpaired) electrons. The fraction of sp³-hybridized carbons (Fsp3) is 0.417. The van der Waals surface area contributed by atoms with Crippen LogP contribution in [0.1, 0.15) is 5.82 Å². The molecule has 0 unspecified atom stereocenters. The van der Waals surface area contributed by atoms with Gasteiger partial charge in [0.2, 0.25) is 0 Å². The second-order valence-corrected chi connectivity index (χ2v) is 10.9. The Morgan fingerprint density at radius 1 is 1.20 bits per heavy atom. The van der Waals surface area contributed by atoms with Crippen LogP contribution in [0.4, 0.5) is 0 Å². The number of rotatable bonds is 3. The summed E-state index contributed by atoms with van der Waals surface area (Å²) >= 11 is 0. The molecule has 0 aliphatic heterocycles. The lowest BCUT2D eigenvalue weighted by atomic mass is 10.3. The number of aryl methyl sites for hydroxylation is 1. The second-order valence-electron chi connectivity index (χ2n) is 5.26. The summed E-state index contributed by atoms with van der Waals surface area (Å²) in [5.74, 6) is 1.14. The zero-order chi connectivity index (χ0) is 10.9. The number of aromatic nitrogens is 2. The predicted octanol–water partition coefficient (Wildman–Crippen LogP) is 3.44. The van der Waals surface area contributed by atoms with Crippen LogP contribution < -0.4 is 0 Å². The number of hydrogen-bond acceptors (Lipinski definition) is 1. The van der Waals surface area contributed by atoms with E-state index in [4.69, 9.17) is 0 Å². The molecule has 0 aliphatic rings. The van der Waals surface area contributed by atoms with E-state index in [-0.39, 0.29) is 0 Å². The van der Waals surface area contributed by atoms with Crippen molar-refractivity contribution in [3.05, 3.63) is 30.1 Å². The van der Waals surface area contributed by atoms with Crippen molar-refractivity contribution in [1.29, 1.82) is 0 Å². The molecule has 3 heteroatoms. The van der Waals surface area contributed by atoms with Gasteiger partial charge in [-0.25, -0.2) is 4.98 Å². The summed E-state index contributed by atoms with van der Waals surface area (Å²) < 4.78 is 0. The molecule has 80 valence electrons. The highest BCUT2D eigenvalue weighted by atomic mass is 28.3. The smallest absolute Gasteiger partial charge is 0.106 e. The van der Waals surface area contributed by atoms with Gasteiger partial charge in [-0.2, -0.15) is 0 Å². The molecule has 1 N–H and O–H groups in total. The number of H-pyrrole nitrogens is 1. The summed E-state index contributed by atoms with van der Waals surface area (Å²) in [6.45, 7) is 7.20. The first-order valence-corrected chi connectivity index (χ1v) is 9.19. The zero-order valence-electron chi connectivity index (χ0n) is 9.67. The average molecular weight is 218 g/mol. The van der Waals surface area contributed by atoms with Gasteiger partial charge in [0.05, 0.1) is 11.0 Å². The Bertz CT molecular complexity index is 421. The minimum atomic E-state index is -0.949. The number of imidazole rings is 1. The molecule has 1 aromatic heterocycles. The SMILES string of the molecule is C[Si](C)(C)CCc1nc2ccccc2[nH]1. The lowest BCUT2D eigenvalue weighted by Gasteiger charge is -2.13. The molecule has 0 fully saturated rings. The normalized spacial score (nSPS) is 12.2. The molecule has 0 saturated heterocycles. The molecule has 15 heavy (non-hydrogen) atoms. The van der Waals surface area contributed by atoms with E-state index in [1.165, 1.54) is 6.04 Å². The largest absolute Gasteiger partial charge is 0.342 e. The highest BCUT2D eigenvalue weighted by molar-refractivity contribution is 6.76. The molecule has 0 saturated carbocycles. The predicted molar refractivity (Wildman–Crippen MR) is 68.0 cm³/mol. The van der Waals surface area contributed by atoms with Crippen LogP contribution in [0.5, 0.6) is 0 Å². The van der Waals surface area contributed by atoms with Crippen LogP contribution in [0, 0.1) is 0 Å². The quantitative estimate of drug-likeness (QED) is 0.785. The number of nitrogens with one attached hydrogen (secondary N) is 1. The average Bonchev–Trinajstić information content (AvgIpc) is 2.56. The van der Waals surface area contributed by atoms with Gasteiger partial charge in [0.1, 0.15) is 5.82 Å². The van der Waals surface area contributed by atoms with Crippen molar-refractivity contribution in [1.82, 2.24) is 9.97 Å². The van der Waals surface area contributed by atoms with Crippen molar-refractivity contribution >= 4 is 19.1 Å². The molecule has 1 heterocycles. The molecular formula is C12H18N2Si. The van der Waals surface area contributed by atoms with E-state index >= 15 is 0 Å². The van der Waals surface area contributed by atoms with Gasteiger partial charge in [-0.3, -0.25) is 0 Å². The Balaban J connectivity index is 2.16.